The van der Waals surface area contributed by atoms with E-state index in [1.54, 1.807) is 31.2 Å². The van der Waals surface area contributed by atoms with Gasteiger partial charge in [0.25, 0.3) is 10.0 Å². The summed E-state index contributed by atoms with van der Waals surface area (Å²) in [6, 6.07) is 18.9. The van der Waals surface area contributed by atoms with E-state index in [4.69, 9.17) is 9.47 Å². The summed E-state index contributed by atoms with van der Waals surface area (Å²) in [5.74, 6) is -0.176. The average molecular weight is 605 g/mol. The van der Waals surface area contributed by atoms with Crippen LogP contribution in [0.4, 0.5) is 5.69 Å². The molecule has 1 N–H and O–H groups in total. The molecule has 0 spiro atoms. The lowest BCUT2D eigenvalue weighted by Crippen LogP contribution is -2.50. The molecule has 0 aliphatic rings. The number of nitrogens with zero attached hydrogens (tertiary/aromatic N) is 2. The Bertz CT molecular complexity index is 1360. The SMILES string of the molecule is CNC(=O)[C@@H](C)N(Cc1ccc(Br)cc1)C(=O)CN(c1ccccc1OC)S(=O)(=O)c1ccc(OC)cc1. The molecule has 0 aromatic heterocycles. The maximum absolute atomic E-state index is 13.9. The standard InChI is InChI=1S/C27H30BrN3O6S/c1-19(27(33)29-2)30(17-20-9-11-21(28)12-10-20)26(32)18-31(24-7-5-6-8-25(24)37-4)38(34,35)23-15-13-22(36-3)14-16-23/h5-16,19H,17-18H2,1-4H3,(H,29,33)/t19-/m1/s1. The molecule has 0 bridgehead atoms. The number of ether oxygens (including phenoxy) is 2. The minimum Gasteiger partial charge on any atom is -0.497 e. The predicted octanol–water partition coefficient (Wildman–Crippen LogP) is 3.82. The molecule has 2 amide bonds. The second-order valence-electron chi connectivity index (χ2n) is 8.30. The summed E-state index contributed by atoms with van der Waals surface area (Å²) in [4.78, 5) is 27.7. The van der Waals surface area contributed by atoms with Crippen LogP contribution in [0.3, 0.4) is 0 Å². The first-order valence-corrected chi connectivity index (χ1v) is 13.9. The highest BCUT2D eigenvalue weighted by Crippen LogP contribution is 2.33. The van der Waals surface area contributed by atoms with Crippen molar-refractivity contribution >= 4 is 43.5 Å². The quantitative estimate of drug-likeness (QED) is 0.357. The number of carbonyl (C=O) groups excluding carboxylic acids is 2. The van der Waals surface area contributed by atoms with Crippen molar-refractivity contribution in [2.75, 3.05) is 32.1 Å². The van der Waals surface area contributed by atoms with Crippen LogP contribution < -0.4 is 19.1 Å². The van der Waals surface area contributed by atoms with E-state index in [1.165, 1.54) is 50.4 Å². The number of sulfonamides is 1. The van der Waals surface area contributed by atoms with Crippen molar-refractivity contribution in [3.63, 3.8) is 0 Å². The van der Waals surface area contributed by atoms with Gasteiger partial charge in [-0.05, 0) is 61.0 Å². The topological polar surface area (TPSA) is 105 Å². The van der Waals surface area contributed by atoms with Crippen LogP contribution in [-0.4, -0.2) is 59.0 Å². The third-order valence-corrected chi connectivity index (χ3v) is 8.26. The van der Waals surface area contributed by atoms with E-state index < -0.39 is 28.5 Å². The summed E-state index contributed by atoms with van der Waals surface area (Å²) >= 11 is 3.39. The number of halogens is 1. The Hall–Kier alpha value is -3.57. The van der Waals surface area contributed by atoms with Gasteiger partial charge in [-0.3, -0.25) is 13.9 Å². The van der Waals surface area contributed by atoms with E-state index >= 15 is 0 Å². The van der Waals surface area contributed by atoms with Gasteiger partial charge in [0, 0.05) is 18.1 Å². The summed E-state index contributed by atoms with van der Waals surface area (Å²) in [5, 5.41) is 2.56. The molecule has 0 saturated carbocycles. The van der Waals surface area contributed by atoms with Gasteiger partial charge in [-0.25, -0.2) is 8.42 Å². The molecule has 0 aliphatic carbocycles. The minimum atomic E-state index is -4.23. The van der Waals surface area contributed by atoms with E-state index in [2.05, 4.69) is 21.2 Å². The molecule has 202 valence electrons. The highest BCUT2D eigenvalue weighted by atomic mass is 79.9. The average Bonchev–Trinajstić information content (AvgIpc) is 2.94. The molecule has 3 aromatic carbocycles. The van der Waals surface area contributed by atoms with Gasteiger partial charge >= 0.3 is 0 Å². The fourth-order valence-electron chi connectivity index (χ4n) is 3.80. The van der Waals surface area contributed by atoms with Gasteiger partial charge in [-0.1, -0.05) is 40.2 Å². The Balaban J connectivity index is 2.06. The lowest BCUT2D eigenvalue weighted by molar-refractivity contribution is -0.139. The third-order valence-electron chi connectivity index (χ3n) is 5.96. The molecule has 0 aliphatic heterocycles. The number of anilines is 1. The van der Waals surface area contributed by atoms with E-state index in [1.807, 2.05) is 24.3 Å². The molecule has 9 nitrogen and oxygen atoms in total. The number of rotatable bonds is 11. The molecule has 11 heteroatoms. The molecule has 0 fully saturated rings. The van der Waals surface area contributed by atoms with Crippen LogP contribution in [0, 0.1) is 0 Å². The van der Waals surface area contributed by atoms with E-state index in [0.717, 1.165) is 14.3 Å². The van der Waals surface area contributed by atoms with E-state index in [-0.39, 0.29) is 28.8 Å². The highest BCUT2D eigenvalue weighted by Gasteiger charge is 2.33. The first kappa shape index (κ1) is 29.0. The smallest absolute Gasteiger partial charge is 0.264 e. The number of benzene rings is 3. The van der Waals surface area contributed by atoms with Crippen LogP contribution in [0.1, 0.15) is 12.5 Å². The third kappa shape index (κ3) is 6.65. The normalized spacial score (nSPS) is 11.8. The molecular formula is C27H30BrN3O6S. The number of amides is 2. The lowest BCUT2D eigenvalue weighted by Gasteiger charge is -2.32. The predicted molar refractivity (Wildman–Crippen MR) is 149 cm³/mol. The van der Waals surface area contributed by atoms with Crippen molar-refractivity contribution in [3.8, 4) is 11.5 Å². The minimum absolute atomic E-state index is 0.0317. The number of hydrogen-bond donors (Lipinski definition) is 1. The molecule has 3 rings (SSSR count). The van der Waals surface area contributed by atoms with Crippen LogP contribution in [0.2, 0.25) is 0 Å². The number of hydrogen-bond acceptors (Lipinski definition) is 6. The summed E-state index contributed by atoms with van der Waals surface area (Å²) in [7, 11) is 0.162. The first-order valence-electron chi connectivity index (χ1n) is 11.7. The van der Waals surface area contributed by atoms with E-state index in [9.17, 15) is 18.0 Å². The number of likely N-dealkylation sites (N-methyl/N-ethyl adjacent to an activating group) is 1. The zero-order chi connectivity index (χ0) is 27.9. The van der Waals surface area contributed by atoms with Crippen molar-refractivity contribution in [2.24, 2.45) is 0 Å². The van der Waals surface area contributed by atoms with Gasteiger partial charge in [0.2, 0.25) is 11.8 Å². The Morgan fingerprint density at radius 1 is 0.947 bits per heavy atom. The van der Waals surface area contributed by atoms with Crippen LogP contribution in [0.25, 0.3) is 0 Å². The number of nitrogens with one attached hydrogen (secondary N) is 1. The second-order valence-corrected chi connectivity index (χ2v) is 11.1. The summed E-state index contributed by atoms with van der Waals surface area (Å²) in [6.45, 7) is 1.14. The van der Waals surface area contributed by atoms with Gasteiger partial charge in [-0.15, -0.1) is 0 Å². The molecular weight excluding hydrogens is 574 g/mol. The number of carbonyl (C=O) groups is 2. The van der Waals surface area contributed by atoms with Crippen molar-refractivity contribution in [2.45, 2.75) is 24.4 Å². The Kier molecular flexibility index (Phi) is 9.76. The Morgan fingerprint density at radius 3 is 2.16 bits per heavy atom. The molecule has 0 heterocycles. The number of para-hydroxylation sites is 2. The van der Waals surface area contributed by atoms with Crippen LogP contribution >= 0.6 is 15.9 Å². The maximum Gasteiger partial charge on any atom is 0.264 e. The van der Waals surface area contributed by atoms with Crippen molar-refractivity contribution < 1.29 is 27.5 Å². The van der Waals surface area contributed by atoms with Gasteiger partial charge in [0.05, 0.1) is 24.8 Å². The molecule has 0 radical (unpaired) electrons. The molecule has 0 unspecified atom stereocenters. The highest BCUT2D eigenvalue weighted by molar-refractivity contribution is 9.10. The van der Waals surface area contributed by atoms with Crippen molar-refractivity contribution in [1.29, 1.82) is 0 Å². The lowest BCUT2D eigenvalue weighted by atomic mass is 10.1. The van der Waals surface area contributed by atoms with Crippen LogP contribution in [0.5, 0.6) is 11.5 Å². The fraction of sp³-hybridized carbons (Fsp3) is 0.259. The van der Waals surface area contributed by atoms with Crippen molar-refractivity contribution in [3.05, 3.63) is 82.8 Å². The van der Waals surface area contributed by atoms with Crippen molar-refractivity contribution in [1.82, 2.24) is 10.2 Å². The monoisotopic (exact) mass is 603 g/mol. The zero-order valence-corrected chi connectivity index (χ0v) is 24.0. The van der Waals surface area contributed by atoms with Gasteiger partial charge in [-0.2, -0.15) is 0 Å². The van der Waals surface area contributed by atoms with Gasteiger partial charge in [0.15, 0.2) is 0 Å². The van der Waals surface area contributed by atoms with Gasteiger partial charge < -0.3 is 19.7 Å². The van der Waals surface area contributed by atoms with Gasteiger partial charge in [0.1, 0.15) is 24.1 Å². The molecule has 1 atom stereocenters. The largest absolute Gasteiger partial charge is 0.497 e. The summed E-state index contributed by atoms with van der Waals surface area (Å²) < 4.78 is 40.2. The second kappa shape index (κ2) is 12.8. The first-order chi connectivity index (χ1) is 18.1. The fourth-order valence-corrected chi connectivity index (χ4v) is 5.49. The molecule has 3 aromatic rings. The van der Waals surface area contributed by atoms with E-state index in [0.29, 0.717) is 5.75 Å². The summed E-state index contributed by atoms with van der Waals surface area (Å²) in [6.07, 6.45) is 0. The van der Waals surface area contributed by atoms with Crippen LogP contribution in [0.15, 0.2) is 82.2 Å². The maximum atomic E-state index is 13.9. The summed E-state index contributed by atoms with van der Waals surface area (Å²) in [5.41, 5.74) is 0.967. The number of methoxy groups -OCH3 is 2. The van der Waals surface area contributed by atoms with Crippen LogP contribution in [-0.2, 0) is 26.2 Å². The Morgan fingerprint density at radius 2 is 1.58 bits per heavy atom. The zero-order valence-electron chi connectivity index (χ0n) is 21.5. The Labute approximate surface area is 231 Å². The molecule has 0 saturated heterocycles. The molecule has 38 heavy (non-hydrogen) atoms.